The molecule has 0 aromatic heterocycles. The van der Waals surface area contributed by atoms with Gasteiger partial charge in [-0.15, -0.1) is 0 Å². The largest absolute Gasteiger partial charge is 0.486 e. The van der Waals surface area contributed by atoms with Gasteiger partial charge in [-0.3, -0.25) is 4.79 Å². The predicted molar refractivity (Wildman–Crippen MR) is 101 cm³/mol. The van der Waals surface area contributed by atoms with E-state index in [1.807, 2.05) is 53.4 Å². The highest BCUT2D eigenvalue weighted by Gasteiger charge is 2.27. The van der Waals surface area contributed by atoms with Crippen LogP contribution in [0.1, 0.15) is 30.9 Å². The molecule has 1 saturated heterocycles. The topological polar surface area (TPSA) is 50.8 Å². The van der Waals surface area contributed by atoms with Crippen molar-refractivity contribution in [1.29, 1.82) is 0 Å². The summed E-state index contributed by atoms with van der Waals surface area (Å²) in [4.78, 5) is 15.2. The maximum Gasteiger partial charge on any atom is 0.249 e. The first kappa shape index (κ1) is 16.8. The number of nitrogens with one attached hydrogen (secondary N) is 1. The molecule has 2 aromatic carbocycles. The zero-order valence-electron chi connectivity index (χ0n) is 14.8. The average Bonchev–Trinajstić information content (AvgIpc) is 2.73. The summed E-state index contributed by atoms with van der Waals surface area (Å²) in [5.74, 6) is 1.60. The van der Waals surface area contributed by atoms with Gasteiger partial charge in [0.05, 0.1) is 0 Å². The molecular formula is C21H24N2O3. The van der Waals surface area contributed by atoms with E-state index in [1.54, 1.807) is 0 Å². The summed E-state index contributed by atoms with van der Waals surface area (Å²) in [6.45, 7) is 2.79. The first-order valence-corrected chi connectivity index (χ1v) is 9.31. The first-order valence-electron chi connectivity index (χ1n) is 9.31. The zero-order valence-corrected chi connectivity index (χ0v) is 14.8. The average molecular weight is 352 g/mol. The fraction of sp³-hybridized carbons (Fsp3) is 0.381. The highest BCUT2D eigenvalue weighted by Crippen LogP contribution is 2.34. The molecule has 2 aliphatic rings. The maximum absolute atomic E-state index is 13.2. The Balaban J connectivity index is 1.59. The number of hydrogen-bond donors (Lipinski definition) is 1. The molecule has 0 saturated carbocycles. The molecule has 1 N–H and O–H groups in total. The lowest BCUT2D eigenvalue weighted by molar-refractivity contribution is -0.133. The summed E-state index contributed by atoms with van der Waals surface area (Å²) in [7, 11) is 0. The number of likely N-dealkylation sites (tertiary alicyclic amines) is 1. The molecule has 0 spiro atoms. The Morgan fingerprint density at radius 2 is 1.65 bits per heavy atom. The van der Waals surface area contributed by atoms with Crippen LogP contribution in [0.25, 0.3) is 0 Å². The molecule has 0 unspecified atom stereocenters. The van der Waals surface area contributed by atoms with Crippen molar-refractivity contribution in [2.45, 2.75) is 25.3 Å². The molecule has 2 heterocycles. The zero-order chi connectivity index (χ0) is 17.8. The van der Waals surface area contributed by atoms with Gasteiger partial charge in [0.15, 0.2) is 11.5 Å². The molecule has 5 nitrogen and oxygen atoms in total. The van der Waals surface area contributed by atoms with Crippen molar-refractivity contribution < 1.29 is 14.3 Å². The van der Waals surface area contributed by atoms with Gasteiger partial charge in [0.2, 0.25) is 5.91 Å². The number of carbonyl (C=O) groups excluding carboxylic acids is 1. The Labute approximate surface area is 153 Å². The number of ether oxygens (including phenoxy) is 2. The van der Waals surface area contributed by atoms with Crippen LogP contribution >= 0.6 is 0 Å². The standard InChI is InChI=1S/C21H24N2O3/c24-21(23-11-5-2-6-12-23)20(16-7-3-1-4-8-16)22-17-9-10-18-19(15-17)26-14-13-25-18/h1,3-4,7-10,15,20,22H,2,5-6,11-14H2/t20-/m0/s1. The lowest BCUT2D eigenvalue weighted by Crippen LogP contribution is -2.41. The number of fused-ring (bicyclic) bond motifs is 1. The molecule has 0 radical (unpaired) electrons. The number of hydrogen-bond acceptors (Lipinski definition) is 4. The summed E-state index contributed by atoms with van der Waals surface area (Å²) < 4.78 is 11.3. The second-order valence-corrected chi connectivity index (χ2v) is 6.73. The molecule has 1 amide bonds. The van der Waals surface area contributed by atoms with Gasteiger partial charge >= 0.3 is 0 Å². The Morgan fingerprint density at radius 1 is 0.923 bits per heavy atom. The van der Waals surface area contributed by atoms with Crippen LogP contribution in [0, 0.1) is 0 Å². The second kappa shape index (κ2) is 7.68. The second-order valence-electron chi connectivity index (χ2n) is 6.73. The smallest absolute Gasteiger partial charge is 0.249 e. The third-order valence-corrected chi connectivity index (χ3v) is 4.90. The van der Waals surface area contributed by atoms with Crippen LogP contribution in [0.4, 0.5) is 5.69 Å². The minimum Gasteiger partial charge on any atom is -0.486 e. The molecule has 0 bridgehead atoms. The van der Waals surface area contributed by atoms with Gasteiger partial charge < -0.3 is 19.7 Å². The molecule has 1 fully saturated rings. The fourth-order valence-corrected chi connectivity index (χ4v) is 3.53. The maximum atomic E-state index is 13.2. The van der Waals surface area contributed by atoms with Crippen LogP contribution in [0.3, 0.4) is 0 Å². The normalized spacial score (nSPS) is 17.5. The van der Waals surface area contributed by atoms with Crippen LogP contribution in [0.15, 0.2) is 48.5 Å². The third-order valence-electron chi connectivity index (χ3n) is 4.90. The SMILES string of the molecule is O=C([C@@H](Nc1ccc2c(c1)OCCO2)c1ccccc1)N1CCCCC1. The van der Waals surface area contributed by atoms with E-state index in [-0.39, 0.29) is 5.91 Å². The molecule has 2 aromatic rings. The Bertz CT molecular complexity index is 757. The van der Waals surface area contributed by atoms with Crippen molar-refractivity contribution >= 4 is 11.6 Å². The van der Waals surface area contributed by atoms with Gasteiger partial charge in [-0.25, -0.2) is 0 Å². The lowest BCUT2D eigenvalue weighted by atomic mass is 10.0. The summed E-state index contributed by atoms with van der Waals surface area (Å²) in [5.41, 5.74) is 1.83. The number of nitrogens with zero attached hydrogens (tertiary/aromatic N) is 1. The van der Waals surface area contributed by atoms with Gasteiger partial charge in [0, 0.05) is 24.8 Å². The van der Waals surface area contributed by atoms with E-state index < -0.39 is 6.04 Å². The van der Waals surface area contributed by atoms with Crippen LogP contribution in [-0.2, 0) is 4.79 Å². The summed E-state index contributed by atoms with van der Waals surface area (Å²) in [6, 6.07) is 15.2. The monoisotopic (exact) mass is 352 g/mol. The van der Waals surface area contributed by atoms with Gasteiger partial charge in [-0.2, -0.15) is 0 Å². The minimum atomic E-state index is -0.406. The molecule has 136 valence electrons. The van der Waals surface area contributed by atoms with Gasteiger partial charge in [0.25, 0.3) is 0 Å². The van der Waals surface area contributed by atoms with Crippen molar-refractivity contribution in [2.24, 2.45) is 0 Å². The van der Waals surface area contributed by atoms with E-state index >= 15 is 0 Å². The highest BCUT2D eigenvalue weighted by atomic mass is 16.6. The van der Waals surface area contributed by atoms with Crippen molar-refractivity contribution in [3.05, 3.63) is 54.1 Å². The molecule has 1 atom stereocenters. The van der Waals surface area contributed by atoms with Gasteiger partial charge in [-0.05, 0) is 37.0 Å². The molecule has 26 heavy (non-hydrogen) atoms. The van der Waals surface area contributed by atoms with E-state index in [4.69, 9.17) is 9.47 Å². The van der Waals surface area contributed by atoms with Crippen molar-refractivity contribution in [2.75, 3.05) is 31.6 Å². The van der Waals surface area contributed by atoms with Gasteiger partial charge in [-0.1, -0.05) is 30.3 Å². The van der Waals surface area contributed by atoms with E-state index in [0.717, 1.165) is 48.7 Å². The van der Waals surface area contributed by atoms with Crippen molar-refractivity contribution in [3.8, 4) is 11.5 Å². The van der Waals surface area contributed by atoms with E-state index in [9.17, 15) is 4.79 Å². The number of carbonyl (C=O) groups is 1. The van der Waals surface area contributed by atoms with Crippen LogP contribution in [-0.4, -0.2) is 37.1 Å². The Morgan fingerprint density at radius 3 is 2.42 bits per heavy atom. The molecule has 0 aliphatic carbocycles. The molecule has 4 rings (SSSR count). The van der Waals surface area contributed by atoms with Crippen LogP contribution < -0.4 is 14.8 Å². The number of piperidine rings is 1. The minimum absolute atomic E-state index is 0.130. The number of rotatable bonds is 4. The molecule has 5 heteroatoms. The summed E-state index contributed by atoms with van der Waals surface area (Å²) in [6.07, 6.45) is 3.37. The first-order chi connectivity index (χ1) is 12.8. The molecular weight excluding hydrogens is 328 g/mol. The fourth-order valence-electron chi connectivity index (χ4n) is 3.53. The lowest BCUT2D eigenvalue weighted by Gasteiger charge is -2.31. The van der Waals surface area contributed by atoms with Crippen molar-refractivity contribution in [1.82, 2.24) is 4.90 Å². The highest BCUT2D eigenvalue weighted by molar-refractivity contribution is 5.86. The quantitative estimate of drug-likeness (QED) is 0.913. The van der Waals surface area contributed by atoms with E-state index in [2.05, 4.69) is 5.32 Å². The third kappa shape index (κ3) is 3.62. The van der Waals surface area contributed by atoms with Crippen LogP contribution in [0.2, 0.25) is 0 Å². The number of anilines is 1. The van der Waals surface area contributed by atoms with Crippen LogP contribution in [0.5, 0.6) is 11.5 Å². The van der Waals surface area contributed by atoms with E-state index in [1.165, 1.54) is 6.42 Å². The number of amides is 1. The predicted octanol–water partition coefficient (Wildman–Crippen LogP) is 3.62. The summed E-state index contributed by atoms with van der Waals surface area (Å²) >= 11 is 0. The molecule has 2 aliphatic heterocycles. The number of benzene rings is 2. The Hall–Kier alpha value is -2.69. The summed E-state index contributed by atoms with van der Waals surface area (Å²) in [5, 5.41) is 3.42. The van der Waals surface area contributed by atoms with Gasteiger partial charge in [0.1, 0.15) is 19.3 Å². The van der Waals surface area contributed by atoms with Crippen molar-refractivity contribution in [3.63, 3.8) is 0 Å². The van der Waals surface area contributed by atoms with E-state index in [0.29, 0.717) is 13.2 Å². The Kier molecular flexibility index (Phi) is 4.95.